The Morgan fingerprint density at radius 3 is 1.20 bits per heavy atom. The van der Waals surface area contributed by atoms with E-state index in [1.807, 2.05) is 0 Å². The van der Waals surface area contributed by atoms with Crippen LogP contribution in [0.4, 0.5) is 52.0 Å². The van der Waals surface area contributed by atoms with Crippen molar-refractivity contribution < 1.29 is 44.7 Å². The van der Waals surface area contributed by atoms with Crippen LogP contribution in [0.15, 0.2) is 105 Å². The zero-order valence-corrected chi connectivity index (χ0v) is 29.3. The van der Waals surface area contributed by atoms with Gasteiger partial charge < -0.3 is 41.5 Å². The van der Waals surface area contributed by atoms with Crippen molar-refractivity contribution in [2.75, 3.05) is 29.1 Å². The van der Waals surface area contributed by atoms with Crippen molar-refractivity contribution in [3.8, 4) is 0 Å². The fourth-order valence-electron chi connectivity index (χ4n) is 4.90. The van der Waals surface area contributed by atoms with Crippen molar-refractivity contribution in [1.29, 1.82) is 0 Å². The third-order valence-corrected chi connectivity index (χ3v) is 7.64. The van der Waals surface area contributed by atoms with Gasteiger partial charge in [-0.05, 0) is 97.8 Å². The average Bonchev–Trinajstić information content (AvgIpc) is 3.18. The number of benzene rings is 4. The second-order valence-electron chi connectivity index (χ2n) is 11.9. The first kappa shape index (κ1) is 39.5. The lowest BCUT2D eigenvalue weighted by Crippen LogP contribution is -2.10. The van der Waals surface area contributed by atoms with E-state index in [0.717, 1.165) is 37.8 Å². The molecule has 0 saturated heterocycles. The van der Waals surface area contributed by atoms with E-state index in [0.29, 0.717) is 29.3 Å². The van der Waals surface area contributed by atoms with Gasteiger partial charge in [0.1, 0.15) is 0 Å². The van der Waals surface area contributed by atoms with E-state index >= 15 is 0 Å². The first-order valence-corrected chi connectivity index (χ1v) is 16.9. The molecule has 5 rings (SSSR count). The molecule has 0 aliphatic rings. The van der Waals surface area contributed by atoms with Gasteiger partial charge in [-0.25, -0.2) is 19.2 Å². The third kappa shape index (κ3) is 11.7. The van der Waals surface area contributed by atoms with Gasteiger partial charge in [0.2, 0.25) is 17.8 Å². The van der Waals surface area contributed by atoms with Crippen LogP contribution in [-0.4, -0.2) is 77.5 Å². The van der Waals surface area contributed by atoms with Gasteiger partial charge in [-0.2, -0.15) is 35.4 Å². The Morgan fingerprint density at radius 2 is 0.821 bits per heavy atom. The summed E-state index contributed by atoms with van der Waals surface area (Å²) in [6.45, 7) is 0.710. The lowest BCUT2D eigenvalue weighted by Gasteiger charge is -2.12. The second kappa shape index (κ2) is 18.9. The van der Waals surface area contributed by atoms with E-state index in [1.165, 1.54) is 24.3 Å². The molecule has 1 heterocycles. The molecule has 0 radical (unpaired) electrons. The quantitative estimate of drug-likeness (QED) is 0.0292. The van der Waals surface area contributed by atoms with Crippen LogP contribution in [0.2, 0.25) is 0 Å². The molecule has 286 valence electrons. The number of anilines is 5. The van der Waals surface area contributed by atoms with Crippen LogP contribution in [0.1, 0.15) is 67.1 Å². The van der Waals surface area contributed by atoms with Crippen LogP contribution < -0.4 is 16.0 Å². The molecule has 0 atom stereocenters. The summed E-state index contributed by atoms with van der Waals surface area (Å²) in [5.41, 5.74) is 1.13. The summed E-state index contributed by atoms with van der Waals surface area (Å²) in [5.74, 6) is -4.51. The van der Waals surface area contributed by atoms with Gasteiger partial charge in [0, 0.05) is 24.5 Å². The number of carboxylic acid groups (broad SMARTS) is 4. The summed E-state index contributed by atoms with van der Waals surface area (Å²) in [6, 6.07) is 20.2. The summed E-state index contributed by atoms with van der Waals surface area (Å²) in [7, 11) is 0. The molecule has 0 aliphatic carbocycles. The minimum Gasteiger partial charge on any atom is -0.478 e. The van der Waals surface area contributed by atoms with Crippen LogP contribution in [-0.2, 0) is 0 Å². The lowest BCUT2D eigenvalue weighted by molar-refractivity contribution is 0.0676. The highest BCUT2D eigenvalue weighted by molar-refractivity contribution is 5.96. The number of hydrogen-bond acceptors (Lipinski definition) is 15. The predicted octanol–water partition coefficient (Wildman–Crippen LogP) is 7.95. The van der Waals surface area contributed by atoms with E-state index in [4.69, 9.17) is 5.11 Å². The number of aliphatic hydroxyl groups excluding tert-OH is 1. The van der Waals surface area contributed by atoms with Crippen LogP contribution in [0.5, 0.6) is 0 Å². The summed E-state index contributed by atoms with van der Waals surface area (Å²) in [5, 5.41) is 71.9. The number of rotatable bonds is 19. The van der Waals surface area contributed by atoms with Gasteiger partial charge in [-0.15, -0.1) is 0 Å². The lowest BCUT2D eigenvalue weighted by atomic mass is 10.1. The molecule has 0 spiro atoms. The number of nitrogens with zero attached hydrogens (tertiary/aromatic N) is 7. The Kier molecular flexibility index (Phi) is 13.3. The molecule has 4 aromatic carbocycles. The van der Waals surface area contributed by atoms with Crippen molar-refractivity contribution in [2.45, 2.75) is 25.7 Å². The molecule has 19 heteroatoms. The Hall–Kier alpha value is -7.67. The maximum atomic E-state index is 11.4. The van der Waals surface area contributed by atoms with Crippen LogP contribution in [0, 0.1) is 0 Å². The maximum absolute atomic E-state index is 11.4. The third-order valence-electron chi connectivity index (χ3n) is 7.64. The largest absolute Gasteiger partial charge is 0.478 e. The van der Waals surface area contributed by atoms with Crippen molar-refractivity contribution in [3.63, 3.8) is 0 Å². The van der Waals surface area contributed by atoms with Crippen LogP contribution in [0.25, 0.3) is 0 Å². The molecule has 0 amide bonds. The summed E-state index contributed by atoms with van der Waals surface area (Å²) in [6.07, 6.45) is 3.33. The molecular weight excluding hydrogens is 728 g/mol. The SMILES string of the molecule is O=C(O)c1cc(N=Nc2ccc(Nc3nc(NCCCCCCO)nc(Nc4ccc(N=Nc5cc(C(=O)O)cc(C(=O)O)c5)cc4)n3)cc2)cc(C(=O)O)c1. The predicted molar refractivity (Wildman–Crippen MR) is 202 cm³/mol. The molecule has 0 fully saturated rings. The number of carbonyl (C=O) groups is 4. The number of aromatic nitrogens is 3. The van der Waals surface area contributed by atoms with E-state index in [2.05, 4.69) is 51.4 Å². The van der Waals surface area contributed by atoms with Crippen molar-refractivity contribution in [3.05, 3.63) is 107 Å². The van der Waals surface area contributed by atoms with Crippen molar-refractivity contribution in [1.82, 2.24) is 15.0 Å². The van der Waals surface area contributed by atoms with Crippen LogP contribution >= 0.6 is 0 Å². The fourth-order valence-corrected chi connectivity index (χ4v) is 4.90. The first-order chi connectivity index (χ1) is 26.9. The number of azo groups is 2. The van der Waals surface area contributed by atoms with Gasteiger partial charge in [0.25, 0.3) is 0 Å². The minimum absolute atomic E-state index is 0.0570. The van der Waals surface area contributed by atoms with Gasteiger partial charge in [-0.3, -0.25) is 0 Å². The highest BCUT2D eigenvalue weighted by Gasteiger charge is 2.13. The van der Waals surface area contributed by atoms with Gasteiger partial charge >= 0.3 is 23.9 Å². The zero-order valence-electron chi connectivity index (χ0n) is 29.3. The second-order valence-corrected chi connectivity index (χ2v) is 11.9. The Balaban J connectivity index is 1.30. The van der Waals surface area contributed by atoms with Crippen molar-refractivity contribution >= 4 is 75.8 Å². The molecule has 0 unspecified atom stereocenters. The maximum Gasteiger partial charge on any atom is 0.335 e. The average molecular weight is 763 g/mol. The standard InChI is InChI=1S/C37H34N10O9/c48-14-4-2-1-3-13-38-35-41-36(39-25-5-9-27(10-6-25)44-46-29-17-21(31(49)50)15-22(18-29)32(51)52)43-37(42-35)40-26-7-11-28(12-8-26)45-47-30-19-23(33(53)54)16-24(20-30)34(55)56/h5-12,15-20,48H,1-4,13-14H2,(H,49,50)(H,51,52)(H,53,54)(H,55,56)(H3,38,39,40,41,42,43). The number of nitrogens with one attached hydrogen (secondary N) is 3. The van der Waals surface area contributed by atoms with Gasteiger partial charge in [0.15, 0.2) is 0 Å². The fraction of sp³-hybridized carbons (Fsp3) is 0.162. The number of carboxylic acids is 4. The Morgan fingerprint density at radius 1 is 0.464 bits per heavy atom. The zero-order chi connectivity index (χ0) is 40.0. The number of unbranched alkanes of at least 4 members (excludes halogenated alkanes) is 3. The molecule has 1 aromatic heterocycles. The minimum atomic E-state index is -1.30. The number of hydrogen-bond donors (Lipinski definition) is 8. The Labute approximate surface area is 317 Å². The van der Waals surface area contributed by atoms with Crippen LogP contribution in [0.3, 0.4) is 0 Å². The normalized spacial score (nSPS) is 11.1. The molecule has 0 bridgehead atoms. The summed E-state index contributed by atoms with van der Waals surface area (Å²) in [4.78, 5) is 59.1. The molecular formula is C37H34N10O9. The molecule has 56 heavy (non-hydrogen) atoms. The van der Waals surface area contributed by atoms with Gasteiger partial charge in [-0.1, -0.05) is 12.8 Å². The van der Waals surface area contributed by atoms with E-state index in [9.17, 15) is 39.6 Å². The topological polar surface area (TPSA) is 294 Å². The number of aliphatic hydroxyl groups is 1. The first-order valence-electron chi connectivity index (χ1n) is 16.9. The van der Waals surface area contributed by atoms with Gasteiger partial charge in [0.05, 0.1) is 45.0 Å². The Bertz CT molecular complexity index is 2070. The smallest absolute Gasteiger partial charge is 0.335 e. The molecule has 0 saturated carbocycles. The highest BCUT2D eigenvalue weighted by Crippen LogP contribution is 2.27. The molecule has 0 aliphatic heterocycles. The summed E-state index contributed by atoms with van der Waals surface area (Å²) >= 11 is 0. The van der Waals surface area contributed by atoms with E-state index < -0.39 is 23.9 Å². The molecule has 19 nitrogen and oxygen atoms in total. The monoisotopic (exact) mass is 762 g/mol. The van der Waals surface area contributed by atoms with E-state index in [-0.39, 0.29) is 58.1 Å². The molecule has 8 N–H and O–H groups in total. The molecule has 5 aromatic rings. The highest BCUT2D eigenvalue weighted by atomic mass is 16.4. The number of aromatic carboxylic acids is 4. The van der Waals surface area contributed by atoms with E-state index in [1.54, 1.807) is 48.5 Å². The summed E-state index contributed by atoms with van der Waals surface area (Å²) < 4.78 is 0. The van der Waals surface area contributed by atoms with Crippen molar-refractivity contribution in [2.24, 2.45) is 20.5 Å².